The van der Waals surface area contributed by atoms with Crippen molar-refractivity contribution >= 4 is 31.8 Å². The number of rotatable bonds is 6. The molecule has 0 atom stereocenters. The zero-order valence-electron chi connectivity index (χ0n) is 11.1. The Balaban J connectivity index is 1.91. The average Bonchev–Trinajstić information content (AvgIpc) is 3.25. The Morgan fingerprint density at radius 1 is 1.25 bits per heavy atom. The molecule has 0 saturated heterocycles. The molecular formula is C13H18BrN3O2S. The molecule has 0 aliphatic heterocycles. The van der Waals surface area contributed by atoms with E-state index in [9.17, 15) is 8.42 Å². The number of aromatic nitrogens is 1. The molecule has 2 aliphatic rings. The standard InChI is InChI=1S/C13H18BrN3O2S/c14-11-5-12(13(15)16-6-11)20(18,19)17(7-9-1-2-9)8-10-3-4-10/h5-6,9-10H,1-4,7-8H2,(H2,15,16). The summed E-state index contributed by atoms with van der Waals surface area (Å²) >= 11 is 3.26. The second-order valence-corrected chi connectivity index (χ2v) is 8.57. The Bertz CT molecular complexity index is 598. The van der Waals surface area contributed by atoms with Crippen LogP contribution in [0.2, 0.25) is 0 Å². The number of hydrogen-bond acceptors (Lipinski definition) is 4. The van der Waals surface area contributed by atoms with Crippen LogP contribution >= 0.6 is 15.9 Å². The van der Waals surface area contributed by atoms with Crippen molar-refractivity contribution in [1.82, 2.24) is 9.29 Å². The molecule has 20 heavy (non-hydrogen) atoms. The van der Waals surface area contributed by atoms with Crippen LogP contribution in [0.1, 0.15) is 25.7 Å². The van der Waals surface area contributed by atoms with Gasteiger partial charge in [0.1, 0.15) is 10.7 Å². The van der Waals surface area contributed by atoms with Crippen molar-refractivity contribution in [2.45, 2.75) is 30.6 Å². The topological polar surface area (TPSA) is 76.3 Å². The zero-order valence-corrected chi connectivity index (χ0v) is 13.5. The largest absolute Gasteiger partial charge is 0.383 e. The van der Waals surface area contributed by atoms with Gasteiger partial charge in [-0.15, -0.1) is 0 Å². The smallest absolute Gasteiger partial charge is 0.246 e. The SMILES string of the molecule is Nc1ncc(Br)cc1S(=O)(=O)N(CC1CC1)CC1CC1. The number of pyridine rings is 1. The first-order valence-corrected chi connectivity index (χ1v) is 9.11. The summed E-state index contributed by atoms with van der Waals surface area (Å²) in [7, 11) is -3.55. The molecule has 3 rings (SSSR count). The number of nitrogen functional groups attached to an aromatic ring is 1. The maximum absolute atomic E-state index is 12.8. The fourth-order valence-electron chi connectivity index (χ4n) is 2.22. The van der Waals surface area contributed by atoms with Crippen LogP contribution in [0.15, 0.2) is 21.6 Å². The number of nitrogens with two attached hydrogens (primary N) is 1. The summed E-state index contributed by atoms with van der Waals surface area (Å²) in [6.07, 6.45) is 6.03. The van der Waals surface area contributed by atoms with E-state index in [1.54, 1.807) is 10.4 Å². The Morgan fingerprint density at radius 3 is 2.30 bits per heavy atom. The maximum Gasteiger partial charge on any atom is 0.246 e. The van der Waals surface area contributed by atoms with Gasteiger partial charge in [0.25, 0.3) is 0 Å². The summed E-state index contributed by atoms with van der Waals surface area (Å²) in [6, 6.07) is 1.55. The van der Waals surface area contributed by atoms with Gasteiger partial charge < -0.3 is 5.73 Å². The molecule has 0 spiro atoms. The molecule has 0 amide bonds. The van der Waals surface area contributed by atoms with Gasteiger partial charge in [-0.3, -0.25) is 0 Å². The number of anilines is 1. The third-order valence-corrected chi connectivity index (χ3v) is 6.08. The van der Waals surface area contributed by atoms with Gasteiger partial charge in [0.2, 0.25) is 10.0 Å². The molecular weight excluding hydrogens is 342 g/mol. The Hall–Kier alpha value is -0.660. The lowest BCUT2D eigenvalue weighted by molar-refractivity contribution is 0.382. The van der Waals surface area contributed by atoms with Crippen LogP contribution in [0.5, 0.6) is 0 Å². The third kappa shape index (κ3) is 3.15. The van der Waals surface area contributed by atoms with Crippen LogP contribution in [0.25, 0.3) is 0 Å². The lowest BCUT2D eigenvalue weighted by atomic mass is 10.4. The summed E-state index contributed by atoms with van der Waals surface area (Å²) in [4.78, 5) is 4.06. The van der Waals surface area contributed by atoms with Crippen LogP contribution in [0.3, 0.4) is 0 Å². The van der Waals surface area contributed by atoms with Crippen molar-refractivity contribution in [3.05, 3.63) is 16.7 Å². The van der Waals surface area contributed by atoms with E-state index in [1.807, 2.05) is 0 Å². The van der Waals surface area contributed by atoms with Crippen molar-refractivity contribution in [3.8, 4) is 0 Å². The molecule has 2 fully saturated rings. The number of hydrogen-bond donors (Lipinski definition) is 1. The van der Waals surface area contributed by atoms with Crippen LogP contribution in [0, 0.1) is 11.8 Å². The van der Waals surface area contributed by atoms with E-state index in [-0.39, 0.29) is 10.7 Å². The first-order valence-electron chi connectivity index (χ1n) is 6.88. The van der Waals surface area contributed by atoms with Gasteiger partial charge in [0, 0.05) is 23.8 Å². The van der Waals surface area contributed by atoms with Crippen LogP contribution in [-0.4, -0.2) is 30.8 Å². The molecule has 2 aliphatic carbocycles. The Kier molecular flexibility index (Phi) is 3.77. The van der Waals surface area contributed by atoms with E-state index < -0.39 is 10.0 Å². The highest BCUT2D eigenvalue weighted by atomic mass is 79.9. The minimum atomic E-state index is -3.55. The van der Waals surface area contributed by atoms with Gasteiger partial charge in [-0.25, -0.2) is 13.4 Å². The van der Waals surface area contributed by atoms with E-state index in [0.717, 1.165) is 25.7 Å². The quantitative estimate of drug-likeness (QED) is 0.844. The summed E-state index contributed by atoms with van der Waals surface area (Å²) in [5, 5.41) is 0. The van der Waals surface area contributed by atoms with Crippen LogP contribution in [-0.2, 0) is 10.0 Å². The highest BCUT2D eigenvalue weighted by Crippen LogP contribution is 2.36. The number of sulfonamides is 1. The monoisotopic (exact) mass is 359 g/mol. The molecule has 2 saturated carbocycles. The first-order chi connectivity index (χ1) is 9.46. The number of halogens is 1. The predicted octanol–water partition coefficient (Wildman–Crippen LogP) is 2.24. The van der Waals surface area contributed by atoms with Crippen LogP contribution in [0.4, 0.5) is 5.82 Å². The molecule has 0 bridgehead atoms. The minimum Gasteiger partial charge on any atom is -0.383 e. The summed E-state index contributed by atoms with van der Waals surface area (Å²) < 4.78 is 27.9. The second kappa shape index (κ2) is 5.27. The van der Waals surface area contributed by atoms with Crippen molar-refractivity contribution < 1.29 is 8.42 Å². The lowest BCUT2D eigenvalue weighted by Crippen LogP contribution is -2.35. The Morgan fingerprint density at radius 2 is 1.80 bits per heavy atom. The van der Waals surface area contributed by atoms with Gasteiger partial charge >= 0.3 is 0 Å². The normalized spacial score (nSPS) is 19.5. The van der Waals surface area contributed by atoms with Crippen molar-refractivity contribution in [2.24, 2.45) is 11.8 Å². The number of nitrogens with zero attached hydrogens (tertiary/aromatic N) is 2. The highest BCUT2D eigenvalue weighted by molar-refractivity contribution is 9.10. The fourth-order valence-corrected chi connectivity index (χ4v) is 4.39. The molecule has 0 unspecified atom stereocenters. The van der Waals surface area contributed by atoms with E-state index in [2.05, 4.69) is 20.9 Å². The fraction of sp³-hybridized carbons (Fsp3) is 0.615. The molecule has 0 aromatic carbocycles. The van der Waals surface area contributed by atoms with Gasteiger partial charge in [0.15, 0.2) is 0 Å². The highest BCUT2D eigenvalue weighted by Gasteiger charge is 2.36. The van der Waals surface area contributed by atoms with Crippen molar-refractivity contribution in [3.63, 3.8) is 0 Å². The summed E-state index contributed by atoms with van der Waals surface area (Å²) in [6.45, 7) is 1.23. The Labute approximate surface area is 127 Å². The summed E-state index contributed by atoms with van der Waals surface area (Å²) in [5.41, 5.74) is 5.77. The zero-order chi connectivity index (χ0) is 14.3. The maximum atomic E-state index is 12.8. The van der Waals surface area contributed by atoms with Gasteiger partial charge in [-0.05, 0) is 59.5 Å². The van der Waals surface area contributed by atoms with Gasteiger partial charge in [-0.2, -0.15) is 4.31 Å². The van der Waals surface area contributed by atoms with E-state index in [4.69, 9.17) is 5.73 Å². The van der Waals surface area contributed by atoms with Crippen molar-refractivity contribution in [1.29, 1.82) is 0 Å². The molecule has 1 aromatic rings. The van der Waals surface area contributed by atoms with Crippen molar-refractivity contribution in [2.75, 3.05) is 18.8 Å². The molecule has 2 N–H and O–H groups in total. The van der Waals surface area contributed by atoms with E-state index in [1.165, 1.54) is 6.20 Å². The molecule has 7 heteroatoms. The van der Waals surface area contributed by atoms with Gasteiger partial charge in [0.05, 0.1) is 0 Å². The molecule has 0 radical (unpaired) electrons. The molecule has 5 nitrogen and oxygen atoms in total. The minimum absolute atomic E-state index is 0.0739. The first kappa shape index (κ1) is 14.3. The summed E-state index contributed by atoms with van der Waals surface area (Å²) in [5.74, 6) is 1.11. The molecule has 1 heterocycles. The van der Waals surface area contributed by atoms with Gasteiger partial charge in [-0.1, -0.05) is 0 Å². The lowest BCUT2D eigenvalue weighted by Gasteiger charge is -2.22. The third-order valence-electron chi connectivity index (χ3n) is 3.78. The van der Waals surface area contributed by atoms with E-state index >= 15 is 0 Å². The second-order valence-electron chi connectivity index (χ2n) is 5.75. The molecule has 110 valence electrons. The predicted molar refractivity (Wildman–Crippen MR) is 80.6 cm³/mol. The molecule has 1 aromatic heterocycles. The average molecular weight is 360 g/mol. The van der Waals surface area contributed by atoms with E-state index in [0.29, 0.717) is 29.4 Å². The van der Waals surface area contributed by atoms with Crippen LogP contribution < -0.4 is 5.73 Å².